The van der Waals surface area contributed by atoms with Crippen LogP contribution >= 0.6 is 11.3 Å². The quantitative estimate of drug-likeness (QED) is 0.795. The Morgan fingerprint density at radius 3 is 2.73 bits per heavy atom. The van der Waals surface area contributed by atoms with E-state index in [1.807, 2.05) is 13.1 Å². The first kappa shape index (κ1) is 14.9. The number of nitrogens with zero attached hydrogens (tertiary/aromatic N) is 3. The van der Waals surface area contributed by atoms with E-state index in [2.05, 4.69) is 4.99 Å². The highest BCUT2D eigenvalue weighted by Gasteiger charge is 2.25. The average molecular weight is 323 g/mol. The van der Waals surface area contributed by atoms with Crippen LogP contribution < -0.4 is 4.80 Å². The second-order valence-electron chi connectivity index (χ2n) is 5.20. The van der Waals surface area contributed by atoms with Gasteiger partial charge in [0.15, 0.2) is 4.80 Å². The SMILES string of the molecule is Cc1cn(-c2ccc(F)cc2)c(=NC(=O)N2CC[C@@H](F)C2)s1. The Morgan fingerprint density at radius 2 is 2.09 bits per heavy atom. The summed E-state index contributed by atoms with van der Waals surface area (Å²) in [6, 6.07) is 5.53. The molecular weight excluding hydrogens is 308 g/mol. The number of likely N-dealkylation sites (tertiary alicyclic amines) is 1. The Bertz CT molecular complexity index is 751. The van der Waals surface area contributed by atoms with Gasteiger partial charge in [-0.15, -0.1) is 11.3 Å². The standard InChI is InChI=1S/C15H15F2N3OS/c1-10-8-20(13-4-2-11(16)3-5-13)15(22-10)18-14(21)19-7-6-12(17)9-19/h2-5,8,12H,6-7,9H2,1H3/t12-/m1/s1. The Balaban J connectivity index is 1.95. The number of benzene rings is 1. The third kappa shape index (κ3) is 3.09. The zero-order valence-electron chi connectivity index (χ0n) is 12.0. The number of urea groups is 1. The van der Waals surface area contributed by atoms with Crippen LogP contribution in [0.2, 0.25) is 0 Å². The molecule has 1 aromatic carbocycles. The summed E-state index contributed by atoms with van der Waals surface area (Å²) in [5.74, 6) is -0.322. The van der Waals surface area contributed by atoms with Crippen molar-refractivity contribution in [2.24, 2.45) is 4.99 Å². The summed E-state index contributed by atoms with van der Waals surface area (Å²) in [4.78, 5) is 19.1. The zero-order valence-corrected chi connectivity index (χ0v) is 12.8. The van der Waals surface area contributed by atoms with E-state index in [0.717, 1.165) is 10.6 Å². The number of amides is 2. The van der Waals surface area contributed by atoms with Crippen LogP contribution in [0.5, 0.6) is 0 Å². The number of carbonyl (C=O) groups is 1. The monoisotopic (exact) mass is 323 g/mol. The molecular formula is C15H15F2N3OS. The van der Waals surface area contributed by atoms with Gasteiger partial charge in [-0.2, -0.15) is 4.99 Å². The fraction of sp³-hybridized carbons (Fsp3) is 0.333. The highest BCUT2D eigenvalue weighted by molar-refractivity contribution is 7.09. The molecule has 2 aromatic rings. The van der Waals surface area contributed by atoms with Crippen molar-refractivity contribution in [3.63, 3.8) is 0 Å². The predicted molar refractivity (Wildman–Crippen MR) is 80.4 cm³/mol. The molecule has 22 heavy (non-hydrogen) atoms. The van der Waals surface area contributed by atoms with Gasteiger partial charge < -0.3 is 4.90 Å². The third-order valence-electron chi connectivity index (χ3n) is 3.47. The molecule has 2 heterocycles. The fourth-order valence-corrected chi connectivity index (χ4v) is 3.19. The summed E-state index contributed by atoms with van der Waals surface area (Å²) in [6.45, 7) is 2.40. The summed E-state index contributed by atoms with van der Waals surface area (Å²) in [7, 11) is 0. The highest BCUT2D eigenvalue weighted by Crippen LogP contribution is 2.14. The minimum atomic E-state index is -0.964. The Kier molecular flexibility index (Phi) is 4.06. The van der Waals surface area contributed by atoms with E-state index in [1.165, 1.54) is 28.4 Å². The predicted octanol–water partition coefficient (Wildman–Crippen LogP) is 3.05. The van der Waals surface area contributed by atoms with Crippen LogP contribution in [-0.4, -0.2) is 34.8 Å². The van der Waals surface area contributed by atoms with Gasteiger partial charge in [0.05, 0.1) is 6.54 Å². The van der Waals surface area contributed by atoms with Crippen LogP contribution in [-0.2, 0) is 0 Å². The molecule has 1 saturated heterocycles. The van der Waals surface area contributed by atoms with Gasteiger partial charge >= 0.3 is 6.03 Å². The van der Waals surface area contributed by atoms with Gasteiger partial charge in [0, 0.05) is 23.3 Å². The summed E-state index contributed by atoms with van der Waals surface area (Å²) >= 11 is 1.36. The molecule has 116 valence electrons. The van der Waals surface area contributed by atoms with Gasteiger partial charge in [-0.3, -0.25) is 4.57 Å². The van der Waals surface area contributed by atoms with E-state index in [4.69, 9.17) is 0 Å². The van der Waals surface area contributed by atoms with Crippen molar-refractivity contribution in [3.8, 4) is 5.69 Å². The third-order valence-corrected chi connectivity index (χ3v) is 4.36. The Labute approximate surface area is 130 Å². The van der Waals surface area contributed by atoms with Gasteiger partial charge in [0.1, 0.15) is 12.0 Å². The van der Waals surface area contributed by atoms with Crippen molar-refractivity contribution < 1.29 is 13.6 Å². The fourth-order valence-electron chi connectivity index (χ4n) is 2.36. The minimum Gasteiger partial charge on any atom is -0.320 e. The molecule has 1 atom stereocenters. The topological polar surface area (TPSA) is 37.6 Å². The highest BCUT2D eigenvalue weighted by atomic mass is 32.1. The first-order chi connectivity index (χ1) is 10.5. The van der Waals surface area contributed by atoms with E-state index in [-0.39, 0.29) is 12.4 Å². The van der Waals surface area contributed by atoms with Gasteiger partial charge in [0.2, 0.25) is 0 Å². The minimum absolute atomic E-state index is 0.100. The number of halogens is 2. The molecule has 1 aromatic heterocycles. The van der Waals surface area contributed by atoms with E-state index in [1.54, 1.807) is 16.7 Å². The summed E-state index contributed by atoms with van der Waals surface area (Å²) < 4.78 is 28.0. The summed E-state index contributed by atoms with van der Waals surface area (Å²) in [6.07, 6.45) is 1.24. The van der Waals surface area contributed by atoms with E-state index in [0.29, 0.717) is 17.8 Å². The summed E-state index contributed by atoms with van der Waals surface area (Å²) in [5.41, 5.74) is 0.724. The first-order valence-corrected chi connectivity index (χ1v) is 7.77. The van der Waals surface area contributed by atoms with Crippen molar-refractivity contribution in [3.05, 3.63) is 46.0 Å². The van der Waals surface area contributed by atoms with Crippen LogP contribution in [0.1, 0.15) is 11.3 Å². The van der Waals surface area contributed by atoms with Crippen LogP contribution in [0.3, 0.4) is 0 Å². The van der Waals surface area contributed by atoms with Crippen molar-refractivity contribution >= 4 is 17.4 Å². The molecule has 1 fully saturated rings. The molecule has 0 saturated carbocycles. The van der Waals surface area contributed by atoms with Crippen LogP contribution in [0.4, 0.5) is 13.6 Å². The molecule has 3 rings (SSSR count). The largest absolute Gasteiger partial charge is 0.346 e. The Morgan fingerprint density at radius 1 is 1.36 bits per heavy atom. The van der Waals surface area contributed by atoms with Crippen molar-refractivity contribution in [1.82, 2.24) is 9.47 Å². The molecule has 2 amide bonds. The second-order valence-corrected chi connectivity index (χ2v) is 6.41. The maximum absolute atomic E-state index is 13.2. The van der Waals surface area contributed by atoms with Crippen molar-refractivity contribution in [2.45, 2.75) is 19.5 Å². The molecule has 0 radical (unpaired) electrons. The van der Waals surface area contributed by atoms with Gasteiger partial charge in [-0.1, -0.05) is 0 Å². The molecule has 4 nitrogen and oxygen atoms in total. The number of thiazole rings is 1. The van der Waals surface area contributed by atoms with Crippen LogP contribution in [0.15, 0.2) is 35.5 Å². The van der Waals surface area contributed by atoms with Crippen molar-refractivity contribution in [1.29, 1.82) is 0 Å². The number of rotatable bonds is 1. The number of aromatic nitrogens is 1. The summed E-state index contributed by atoms with van der Waals surface area (Å²) in [5, 5.41) is 0. The molecule has 0 spiro atoms. The molecule has 0 N–H and O–H groups in total. The molecule has 7 heteroatoms. The maximum atomic E-state index is 13.2. The second kappa shape index (κ2) is 6.00. The lowest BCUT2D eigenvalue weighted by atomic mass is 10.3. The van der Waals surface area contributed by atoms with Gasteiger partial charge in [0.25, 0.3) is 0 Å². The Hall–Kier alpha value is -2.02. The van der Waals surface area contributed by atoms with Crippen molar-refractivity contribution in [2.75, 3.05) is 13.1 Å². The first-order valence-electron chi connectivity index (χ1n) is 6.95. The zero-order chi connectivity index (χ0) is 15.7. The van der Waals surface area contributed by atoms with Gasteiger partial charge in [-0.25, -0.2) is 13.6 Å². The molecule has 0 bridgehead atoms. The molecule has 0 unspecified atom stereocenters. The number of hydrogen-bond acceptors (Lipinski definition) is 2. The smallest absolute Gasteiger partial charge is 0.320 e. The molecule has 1 aliphatic rings. The lowest BCUT2D eigenvalue weighted by molar-refractivity contribution is 0.213. The maximum Gasteiger partial charge on any atom is 0.346 e. The number of alkyl halides is 1. The van der Waals surface area contributed by atoms with E-state index >= 15 is 0 Å². The number of carbonyl (C=O) groups excluding carboxylic acids is 1. The normalized spacial score (nSPS) is 19.0. The van der Waals surface area contributed by atoms with Crippen LogP contribution in [0, 0.1) is 12.7 Å². The lowest BCUT2D eigenvalue weighted by Gasteiger charge is -2.10. The number of hydrogen-bond donors (Lipinski definition) is 0. The van der Waals surface area contributed by atoms with Crippen LogP contribution in [0.25, 0.3) is 5.69 Å². The van der Waals surface area contributed by atoms with E-state index in [9.17, 15) is 13.6 Å². The lowest BCUT2D eigenvalue weighted by Crippen LogP contribution is -2.28. The average Bonchev–Trinajstić information content (AvgIpc) is 3.06. The van der Waals surface area contributed by atoms with Gasteiger partial charge in [-0.05, 0) is 37.6 Å². The number of aryl methyl sites for hydroxylation is 1. The van der Waals surface area contributed by atoms with E-state index < -0.39 is 12.2 Å². The molecule has 0 aliphatic carbocycles. The molecule has 1 aliphatic heterocycles.